The van der Waals surface area contributed by atoms with Gasteiger partial charge in [0.2, 0.25) is 5.91 Å². The summed E-state index contributed by atoms with van der Waals surface area (Å²) in [6.45, 7) is 0.137. The number of rotatable bonds is 6. The molecule has 3 rings (SSSR count). The number of hydrogen-bond donors (Lipinski definition) is 1. The summed E-state index contributed by atoms with van der Waals surface area (Å²) in [5.41, 5.74) is 1.28. The van der Waals surface area contributed by atoms with Gasteiger partial charge in [-0.25, -0.2) is 0 Å². The zero-order valence-electron chi connectivity index (χ0n) is 14.2. The van der Waals surface area contributed by atoms with Crippen LogP contribution in [0.3, 0.4) is 0 Å². The number of likely N-dealkylation sites (N-methyl/N-ethyl adjacent to an activating group) is 1. The van der Waals surface area contributed by atoms with Crippen LogP contribution in [0.5, 0.6) is 11.5 Å². The van der Waals surface area contributed by atoms with E-state index in [-0.39, 0.29) is 12.5 Å². The van der Waals surface area contributed by atoms with E-state index in [0.717, 1.165) is 11.4 Å². The fourth-order valence-corrected chi connectivity index (χ4v) is 3.19. The standard InChI is InChI=1S/C20H17N3O2S/c1-23(14-19(24)22-20-15(13-21)11-12-26-20)17-9-5-6-10-18(17)25-16-7-3-2-4-8-16/h2-12H,14H2,1H3,(H,22,24). The second-order valence-corrected chi connectivity index (χ2v) is 6.48. The molecule has 1 heterocycles. The summed E-state index contributed by atoms with van der Waals surface area (Å²) in [7, 11) is 1.83. The van der Waals surface area contributed by atoms with Crippen LogP contribution in [0, 0.1) is 11.3 Å². The van der Waals surface area contributed by atoms with Crippen LogP contribution >= 0.6 is 11.3 Å². The Hall–Kier alpha value is -3.30. The lowest BCUT2D eigenvalue weighted by Gasteiger charge is -2.21. The highest BCUT2D eigenvalue weighted by Gasteiger charge is 2.14. The number of anilines is 2. The van der Waals surface area contributed by atoms with Crippen LogP contribution in [0.4, 0.5) is 10.7 Å². The number of nitrogens with one attached hydrogen (secondary N) is 1. The zero-order valence-corrected chi connectivity index (χ0v) is 15.0. The third-order valence-corrected chi connectivity index (χ3v) is 4.50. The smallest absolute Gasteiger partial charge is 0.244 e. The van der Waals surface area contributed by atoms with Crippen LogP contribution in [0.25, 0.3) is 0 Å². The summed E-state index contributed by atoms with van der Waals surface area (Å²) >= 11 is 1.33. The van der Waals surface area contributed by atoms with Gasteiger partial charge >= 0.3 is 0 Å². The van der Waals surface area contributed by atoms with Gasteiger partial charge in [0.25, 0.3) is 0 Å². The number of para-hydroxylation sites is 3. The normalized spacial score (nSPS) is 10.0. The van der Waals surface area contributed by atoms with Gasteiger partial charge in [0.1, 0.15) is 16.8 Å². The highest BCUT2D eigenvalue weighted by molar-refractivity contribution is 7.14. The Labute approximate surface area is 156 Å². The molecule has 0 atom stereocenters. The minimum absolute atomic E-state index is 0.137. The molecule has 130 valence electrons. The number of carbonyl (C=O) groups is 1. The van der Waals surface area contributed by atoms with Gasteiger partial charge in [0.05, 0.1) is 17.8 Å². The quantitative estimate of drug-likeness (QED) is 0.701. The van der Waals surface area contributed by atoms with E-state index in [9.17, 15) is 4.79 Å². The molecule has 6 heteroatoms. The largest absolute Gasteiger partial charge is 0.455 e. The van der Waals surface area contributed by atoms with Gasteiger partial charge in [-0.2, -0.15) is 5.26 Å². The minimum atomic E-state index is -0.194. The van der Waals surface area contributed by atoms with Crippen molar-refractivity contribution in [3.05, 3.63) is 71.6 Å². The molecule has 2 aromatic carbocycles. The Bertz CT molecular complexity index is 931. The second kappa shape index (κ2) is 8.19. The summed E-state index contributed by atoms with van der Waals surface area (Å²) in [5, 5.41) is 14.2. The topological polar surface area (TPSA) is 65.4 Å². The molecule has 0 aliphatic carbocycles. The van der Waals surface area contributed by atoms with Crippen molar-refractivity contribution in [1.82, 2.24) is 0 Å². The highest BCUT2D eigenvalue weighted by atomic mass is 32.1. The molecular formula is C20H17N3O2S. The van der Waals surface area contributed by atoms with Gasteiger partial charge in [-0.05, 0) is 35.7 Å². The van der Waals surface area contributed by atoms with Crippen LogP contribution in [-0.2, 0) is 4.79 Å². The number of hydrogen-bond acceptors (Lipinski definition) is 5. The van der Waals surface area contributed by atoms with Gasteiger partial charge in [-0.1, -0.05) is 30.3 Å². The molecule has 0 aliphatic heterocycles. The first-order chi connectivity index (χ1) is 12.7. The first kappa shape index (κ1) is 17.5. The Morgan fingerprint density at radius 1 is 1.15 bits per heavy atom. The molecule has 0 radical (unpaired) electrons. The van der Waals surface area contributed by atoms with E-state index in [1.807, 2.05) is 66.5 Å². The molecular weight excluding hydrogens is 346 g/mol. The molecule has 0 bridgehead atoms. The third-order valence-electron chi connectivity index (χ3n) is 3.67. The van der Waals surface area contributed by atoms with Crippen molar-refractivity contribution in [3.8, 4) is 17.6 Å². The SMILES string of the molecule is CN(CC(=O)Nc1sccc1C#N)c1ccccc1Oc1ccccc1. The van der Waals surface area contributed by atoms with Gasteiger partial charge < -0.3 is 15.0 Å². The van der Waals surface area contributed by atoms with E-state index >= 15 is 0 Å². The number of ether oxygens (including phenoxy) is 1. The minimum Gasteiger partial charge on any atom is -0.455 e. The fourth-order valence-electron chi connectivity index (χ4n) is 2.44. The van der Waals surface area contributed by atoms with Crippen molar-refractivity contribution in [2.45, 2.75) is 0 Å². The summed E-state index contributed by atoms with van der Waals surface area (Å²) in [5.74, 6) is 1.21. The Morgan fingerprint density at radius 2 is 1.88 bits per heavy atom. The molecule has 5 nitrogen and oxygen atoms in total. The maximum absolute atomic E-state index is 12.3. The first-order valence-electron chi connectivity index (χ1n) is 7.98. The summed E-state index contributed by atoms with van der Waals surface area (Å²) < 4.78 is 5.94. The second-order valence-electron chi connectivity index (χ2n) is 5.56. The third kappa shape index (κ3) is 4.21. The first-order valence-corrected chi connectivity index (χ1v) is 8.86. The monoisotopic (exact) mass is 363 g/mol. The van der Waals surface area contributed by atoms with Crippen molar-refractivity contribution in [2.75, 3.05) is 23.8 Å². The lowest BCUT2D eigenvalue weighted by atomic mass is 10.2. The average Bonchev–Trinajstić information content (AvgIpc) is 3.10. The van der Waals surface area contributed by atoms with E-state index in [1.54, 1.807) is 11.4 Å². The molecule has 26 heavy (non-hydrogen) atoms. The lowest BCUT2D eigenvalue weighted by Crippen LogP contribution is -2.30. The van der Waals surface area contributed by atoms with Crippen LogP contribution in [-0.4, -0.2) is 19.5 Å². The van der Waals surface area contributed by atoms with E-state index < -0.39 is 0 Å². The predicted molar refractivity (Wildman–Crippen MR) is 104 cm³/mol. The van der Waals surface area contributed by atoms with Crippen molar-refractivity contribution in [3.63, 3.8) is 0 Å². The summed E-state index contributed by atoms with van der Waals surface area (Å²) in [6, 6.07) is 20.8. The number of nitriles is 1. The fraction of sp³-hybridized carbons (Fsp3) is 0.100. The van der Waals surface area contributed by atoms with Crippen molar-refractivity contribution >= 4 is 27.9 Å². The van der Waals surface area contributed by atoms with Gasteiger partial charge in [-0.3, -0.25) is 4.79 Å². The number of benzene rings is 2. The Morgan fingerprint density at radius 3 is 2.65 bits per heavy atom. The molecule has 0 saturated carbocycles. The number of nitrogens with zero attached hydrogens (tertiary/aromatic N) is 2. The van der Waals surface area contributed by atoms with Crippen LogP contribution in [0.2, 0.25) is 0 Å². The molecule has 1 N–H and O–H groups in total. The summed E-state index contributed by atoms with van der Waals surface area (Å²) in [6.07, 6.45) is 0. The Kier molecular flexibility index (Phi) is 5.52. The molecule has 0 saturated heterocycles. The molecule has 0 aliphatic rings. The maximum Gasteiger partial charge on any atom is 0.244 e. The average molecular weight is 363 g/mol. The van der Waals surface area contributed by atoms with E-state index in [1.165, 1.54) is 11.3 Å². The molecule has 3 aromatic rings. The summed E-state index contributed by atoms with van der Waals surface area (Å²) in [4.78, 5) is 14.1. The molecule has 0 spiro atoms. The zero-order chi connectivity index (χ0) is 18.4. The van der Waals surface area contributed by atoms with Crippen molar-refractivity contribution in [2.24, 2.45) is 0 Å². The van der Waals surface area contributed by atoms with Crippen LogP contribution < -0.4 is 15.0 Å². The van der Waals surface area contributed by atoms with E-state index in [4.69, 9.17) is 10.00 Å². The van der Waals surface area contributed by atoms with Crippen LogP contribution in [0.1, 0.15) is 5.56 Å². The van der Waals surface area contributed by atoms with Crippen LogP contribution in [0.15, 0.2) is 66.0 Å². The van der Waals surface area contributed by atoms with Gasteiger partial charge in [-0.15, -0.1) is 11.3 Å². The highest BCUT2D eigenvalue weighted by Crippen LogP contribution is 2.31. The van der Waals surface area contributed by atoms with Crippen molar-refractivity contribution < 1.29 is 9.53 Å². The number of carbonyl (C=O) groups excluding carboxylic acids is 1. The van der Waals surface area contributed by atoms with Gasteiger partial charge in [0, 0.05) is 7.05 Å². The molecule has 1 aromatic heterocycles. The molecule has 0 fully saturated rings. The predicted octanol–water partition coefficient (Wildman–Crippen LogP) is 4.49. The Balaban J connectivity index is 1.71. The van der Waals surface area contributed by atoms with E-state index in [0.29, 0.717) is 16.3 Å². The molecule has 0 unspecified atom stereocenters. The molecule has 1 amide bonds. The number of thiophene rings is 1. The van der Waals surface area contributed by atoms with E-state index in [2.05, 4.69) is 11.4 Å². The number of amides is 1. The maximum atomic E-state index is 12.3. The van der Waals surface area contributed by atoms with Crippen molar-refractivity contribution in [1.29, 1.82) is 5.26 Å². The lowest BCUT2D eigenvalue weighted by molar-refractivity contribution is -0.114. The van der Waals surface area contributed by atoms with Gasteiger partial charge in [0.15, 0.2) is 5.75 Å².